The van der Waals surface area contributed by atoms with Gasteiger partial charge in [-0.25, -0.2) is 0 Å². The van der Waals surface area contributed by atoms with Gasteiger partial charge in [-0.1, -0.05) is 13.8 Å². The van der Waals surface area contributed by atoms with Crippen molar-refractivity contribution in [3.8, 4) is 0 Å². The van der Waals surface area contributed by atoms with Crippen LogP contribution < -0.4 is 5.73 Å². The zero-order chi connectivity index (χ0) is 9.64. The Morgan fingerprint density at radius 3 is 2.85 bits per heavy atom. The van der Waals surface area contributed by atoms with Crippen molar-refractivity contribution >= 4 is 0 Å². The fourth-order valence-electron chi connectivity index (χ4n) is 2.60. The Morgan fingerprint density at radius 2 is 2.15 bits per heavy atom. The molecule has 0 bridgehead atoms. The lowest BCUT2D eigenvalue weighted by Gasteiger charge is -2.27. The molecule has 2 N–H and O–H groups in total. The second kappa shape index (κ2) is 2.53. The maximum absolute atomic E-state index is 5.86. The maximum Gasteiger partial charge on any atom is 0.0229 e. The molecular formula is C11H18N2. The summed E-state index contributed by atoms with van der Waals surface area (Å²) < 4.78 is 0. The molecule has 1 saturated heterocycles. The lowest BCUT2D eigenvalue weighted by Crippen LogP contribution is -2.24. The average molecular weight is 178 g/mol. The van der Waals surface area contributed by atoms with Crippen LogP contribution in [-0.4, -0.2) is 18.5 Å². The quantitative estimate of drug-likeness (QED) is 0.612. The summed E-state index contributed by atoms with van der Waals surface area (Å²) in [5, 5.41) is 0. The van der Waals surface area contributed by atoms with Crippen LogP contribution in [0, 0.1) is 11.3 Å². The fraction of sp³-hybridized carbons (Fsp3) is 0.636. The molecule has 13 heavy (non-hydrogen) atoms. The highest BCUT2D eigenvalue weighted by Gasteiger charge is 2.42. The Morgan fingerprint density at radius 1 is 1.46 bits per heavy atom. The Labute approximate surface area is 80.1 Å². The van der Waals surface area contributed by atoms with Crippen molar-refractivity contribution in [2.45, 2.75) is 20.3 Å². The number of likely N-dealkylation sites (tertiary alicyclic amines) is 1. The van der Waals surface area contributed by atoms with Crippen LogP contribution in [0.3, 0.4) is 0 Å². The second-order valence-corrected chi connectivity index (χ2v) is 4.93. The van der Waals surface area contributed by atoms with Gasteiger partial charge in [0.1, 0.15) is 0 Å². The summed E-state index contributed by atoms with van der Waals surface area (Å²) in [6.07, 6.45) is 5.26. The first kappa shape index (κ1) is 8.67. The van der Waals surface area contributed by atoms with Gasteiger partial charge in [0.05, 0.1) is 0 Å². The van der Waals surface area contributed by atoms with E-state index in [0.717, 1.165) is 18.7 Å². The number of nitrogens with zero attached hydrogens (tertiary/aromatic N) is 1. The summed E-state index contributed by atoms with van der Waals surface area (Å²) in [7, 11) is 2.17. The monoisotopic (exact) mass is 178 g/mol. The first-order valence-electron chi connectivity index (χ1n) is 4.88. The van der Waals surface area contributed by atoms with Crippen LogP contribution in [0.4, 0.5) is 0 Å². The van der Waals surface area contributed by atoms with Crippen LogP contribution >= 0.6 is 0 Å². The average Bonchev–Trinajstić information content (AvgIpc) is 2.23. The molecule has 0 aromatic heterocycles. The highest BCUT2D eigenvalue weighted by molar-refractivity contribution is 5.29. The molecule has 0 saturated carbocycles. The molecule has 2 aliphatic rings. The number of hydrogen-bond donors (Lipinski definition) is 1. The molecule has 0 amide bonds. The van der Waals surface area contributed by atoms with Crippen LogP contribution in [0.1, 0.15) is 20.3 Å². The van der Waals surface area contributed by atoms with Crippen molar-refractivity contribution < 1.29 is 0 Å². The molecule has 72 valence electrons. The van der Waals surface area contributed by atoms with E-state index in [1.54, 1.807) is 0 Å². The summed E-state index contributed by atoms with van der Waals surface area (Å²) in [4.78, 5) is 2.35. The van der Waals surface area contributed by atoms with Gasteiger partial charge in [0.25, 0.3) is 0 Å². The lowest BCUT2D eigenvalue weighted by molar-refractivity contribution is 0.282. The van der Waals surface area contributed by atoms with Crippen molar-refractivity contribution in [2.75, 3.05) is 13.6 Å². The summed E-state index contributed by atoms with van der Waals surface area (Å²) in [5.41, 5.74) is 8.71. The van der Waals surface area contributed by atoms with E-state index in [2.05, 4.69) is 31.9 Å². The number of nitrogens with two attached hydrogens (primary N) is 1. The highest BCUT2D eigenvalue weighted by Crippen LogP contribution is 2.45. The molecule has 0 spiro atoms. The van der Waals surface area contributed by atoms with Gasteiger partial charge in [-0.05, 0) is 24.0 Å². The number of allylic oxidation sites excluding steroid dienone is 4. The molecule has 0 radical (unpaired) electrons. The van der Waals surface area contributed by atoms with E-state index in [-0.39, 0.29) is 0 Å². The fourth-order valence-corrected chi connectivity index (χ4v) is 2.60. The van der Waals surface area contributed by atoms with Gasteiger partial charge in [-0.15, -0.1) is 0 Å². The number of rotatable bonds is 0. The smallest absolute Gasteiger partial charge is 0.0229 e. The molecule has 2 nitrogen and oxygen atoms in total. The molecule has 1 heterocycles. The van der Waals surface area contributed by atoms with E-state index in [1.807, 2.05) is 6.08 Å². The van der Waals surface area contributed by atoms with Crippen LogP contribution in [0.25, 0.3) is 0 Å². The summed E-state index contributed by atoms with van der Waals surface area (Å²) in [5.74, 6) is 0.627. The Balaban J connectivity index is 2.35. The first-order chi connectivity index (χ1) is 6.00. The zero-order valence-corrected chi connectivity index (χ0v) is 8.67. The van der Waals surface area contributed by atoms with E-state index in [9.17, 15) is 0 Å². The third kappa shape index (κ3) is 1.25. The first-order valence-corrected chi connectivity index (χ1v) is 4.88. The van der Waals surface area contributed by atoms with Gasteiger partial charge < -0.3 is 10.6 Å². The van der Waals surface area contributed by atoms with E-state index >= 15 is 0 Å². The third-order valence-electron chi connectivity index (χ3n) is 3.29. The largest absolute Gasteiger partial charge is 0.402 e. The normalized spacial score (nSPS) is 31.0. The molecule has 1 aliphatic heterocycles. The molecule has 1 atom stereocenters. The van der Waals surface area contributed by atoms with E-state index in [4.69, 9.17) is 5.73 Å². The summed E-state index contributed by atoms with van der Waals surface area (Å²) in [6.45, 7) is 5.80. The highest BCUT2D eigenvalue weighted by atomic mass is 15.2. The predicted molar refractivity (Wildman–Crippen MR) is 54.9 cm³/mol. The minimum Gasteiger partial charge on any atom is -0.402 e. The van der Waals surface area contributed by atoms with Gasteiger partial charge in [0.2, 0.25) is 0 Å². The molecular weight excluding hydrogens is 160 g/mol. The van der Waals surface area contributed by atoms with Crippen molar-refractivity contribution in [3.05, 3.63) is 23.5 Å². The van der Waals surface area contributed by atoms with Crippen LogP contribution in [0.2, 0.25) is 0 Å². The summed E-state index contributed by atoms with van der Waals surface area (Å²) in [6, 6.07) is 0. The van der Waals surface area contributed by atoms with Crippen molar-refractivity contribution in [1.29, 1.82) is 0 Å². The van der Waals surface area contributed by atoms with Crippen LogP contribution in [0.5, 0.6) is 0 Å². The Kier molecular flexibility index (Phi) is 1.69. The van der Waals surface area contributed by atoms with E-state index < -0.39 is 0 Å². The molecule has 2 heteroatoms. The molecule has 1 fully saturated rings. The van der Waals surface area contributed by atoms with Crippen molar-refractivity contribution in [3.63, 3.8) is 0 Å². The van der Waals surface area contributed by atoms with Crippen LogP contribution in [-0.2, 0) is 0 Å². The van der Waals surface area contributed by atoms with Crippen molar-refractivity contribution in [1.82, 2.24) is 4.90 Å². The minimum absolute atomic E-state index is 0.374. The van der Waals surface area contributed by atoms with Gasteiger partial charge in [-0.2, -0.15) is 0 Å². The zero-order valence-electron chi connectivity index (χ0n) is 8.67. The van der Waals surface area contributed by atoms with Gasteiger partial charge in [0.15, 0.2) is 0 Å². The van der Waals surface area contributed by atoms with E-state index in [0.29, 0.717) is 11.3 Å². The van der Waals surface area contributed by atoms with E-state index in [1.165, 1.54) is 5.70 Å². The maximum atomic E-state index is 5.86. The molecule has 1 unspecified atom stereocenters. The van der Waals surface area contributed by atoms with Gasteiger partial charge in [0, 0.05) is 30.9 Å². The number of hydrogen-bond acceptors (Lipinski definition) is 2. The Hall–Kier alpha value is -0.920. The predicted octanol–water partition coefficient (Wildman–Crippen LogP) is 1.70. The van der Waals surface area contributed by atoms with Gasteiger partial charge >= 0.3 is 0 Å². The third-order valence-corrected chi connectivity index (χ3v) is 3.29. The molecule has 1 aliphatic carbocycles. The SMILES string of the molecule is CN1CC(C)(C)C2CC(N)=CC=C21. The number of fused-ring (bicyclic) bond motifs is 1. The van der Waals surface area contributed by atoms with Crippen LogP contribution in [0.15, 0.2) is 23.5 Å². The molecule has 2 rings (SSSR count). The standard InChI is InChI=1S/C11H18N2/c1-11(2)7-13(3)10-5-4-8(12)6-9(10)11/h4-5,9H,6-7,12H2,1-3H3. The Bertz CT molecular complexity index is 286. The second-order valence-electron chi connectivity index (χ2n) is 4.93. The van der Waals surface area contributed by atoms with Crippen molar-refractivity contribution in [2.24, 2.45) is 17.1 Å². The molecule has 0 aromatic rings. The minimum atomic E-state index is 0.374. The lowest BCUT2D eigenvalue weighted by atomic mass is 9.76. The van der Waals surface area contributed by atoms with Gasteiger partial charge in [-0.3, -0.25) is 0 Å². The molecule has 0 aromatic carbocycles. The topological polar surface area (TPSA) is 29.3 Å². The summed E-state index contributed by atoms with van der Waals surface area (Å²) >= 11 is 0.